The number of sulfone groups is 1. The minimum atomic E-state index is -3.01. The second-order valence-corrected chi connectivity index (χ2v) is 7.85. The van der Waals surface area contributed by atoms with Crippen LogP contribution in [0, 0.1) is 5.92 Å². The van der Waals surface area contributed by atoms with Crippen LogP contribution < -0.4 is 5.32 Å². The van der Waals surface area contributed by atoms with Crippen LogP contribution in [-0.2, 0) is 9.84 Å². The van der Waals surface area contributed by atoms with Gasteiger partial charge in [-0.3, -0.25) is 0 Å². The van der Waals surface area contributed by atoms with E-state index in [1.807, 2.05) is 13.8 Å². The summed E-state index contributed by atoms with van der Waals surface area (Å²) in [5.41, 5.74) is 0. The lowest BCUT2D eigenvalue weighted by Gasteiger charge is -2.31. The first-order valence-electron chi connectivity index (χ1n) is 7.00. The smallest absolute Gasteiger partial charge is 0.154 e. The number of hydrogen-bond donors (Lipinski definition) is 1. The van der Waals surface area contributed by atoms with Gasteiger partial charge in [-0.25, -0.2) is 8.42 Å². The molecule has 0 aromatic rings. The fourth-order valence-corrected chi connectivity index (χ4v) is 4.11. The van der Waals surface area contributed by atoms with E-state index in [9.17, 15) is 8.42 Å². The van der Waals surface area contributed by atoms with Gasteiger partial charge in [-0.1, -0.05) is 26.0 Å². The van der Waals surface area contributed by atoms with Gasteiger partial charge in [-0.05, 0) is 44.6 Å². The van der Waals surface area contributed by atoms with Gasteiger partial charge in [0.15, 0.2) is 9.84 Å². The Morgan fingerprint density at radius 3 is 2.39 bits per heavy atom. The Hall–Kier alpha value is -0.350. The Bertz CT molecular complexity index is 369. The Balaban J connectivity index is 2.50. The van der Waals surface area contributed by atoms with Crippen molar-refractivity contribution in [2.75, 3.05) is 19.3 Å². The minimum absolute atomic E-state index is 0.582. The molecule has 0 bridgehead atoms. The third kappa shape index (κ3) is 3.82. The zero-order valence-electron chi connectivity index (χ0n) is 11.9. The van der Waals surface area contributed by atoms with Crippen LogP contribution in [0.25, 0.3) is 0 Å². The number of nitrogens with one attached hydrogen (secondary N) is 1. The normalized spacial score (nSPS) is 21.2. The van der Waals surface area contributed by atoms with Crippen molar-refractivity contribution < 1.29 is 8.42 Å². The van der Waals surface area contributed by atoms with Crippen molar-refractivity contribution in [3.05, 3.63) is 12.2 Å². The largest absolute Gasteiger partial charge is 0.315 e. The quantitative estimate of drug-likeness (QED) is 0.725. The van der Waals surface area contributed by atoms with Crippen molar-refractivity contribution in [2.24, 2.45) is 5.92 Å². The van der Waals surface area contributed by atoms with Crippen LogP contribution in [-0.4, -0.2) is 32.5 Å². The predicted octanol–water partition coefficient (Wildman–Crippen LogP) is 2.54. The third-order valence-electron chi connectivity index (χ3n) is 4.33. The maximum absolute atomic E-state index is 11.9. The minimum Gasteiger partial charge on any atom is -0.315 e. The summed E-state index contributed by atoms with van der Waals surface area (Å²) in [7, 11) is -3.01. The van der Waals surface area contributed by atoms with E-state index in [-0.39, 0.29) is 0 Å². The first-order valence-corrected chi connectivity index (χ1v) is 8.89. The molecular weight excluding hydrogens is 246 g/mol. The Kier molecular flexibility index (Phi) is 5.86. The molecule has 0 radical (unpaired) electrons. The summed E-state index contributed by atoms with van der Waals surface area (Å²) >= 11 is 0. The van der Waals surface area contributed by atoms with E-state index in [0.717, 1.165) is 19.4 Å². The zero-order valence-corrected chi connectivity index (χ0v) is 12.7. The summed E-state index contributed by atoms with van der Waals surface area (Å²) in [6.45, 7) is 5.45. The lowest BCUT2D eigenvalue weighted by Crippen LogP contribution is -2.47. The van der Waals surface area contributed by atoms with Gasteiger partial charge in [0.2, 0.25) is 0 Å². The monoisotopic (exact) mass is 273 g/mol. The molecule has 1 aliphatic carbocycles. The lowest BCUT2D eigenvalue weighted by molar-refractivity contribution is 0.399. The van der Waals surface area contributed by atoms with Crippen molar-refractivity contribution >= 4 is 9.84 Å². The molecule has 0 amide bonds. The zero-order chi connectivity index (χ0) is 13.6. The molecule has 0 unspecified atom stereocenters. The molecule has 0 aromatic carbocycles. The second-order valence-electron chi connectivity index (χ2n) is 5.44. The Morgan fingerprint density at radius 1 is 1.28 bits per heavy atom. The van der Waals surface area contributed by atoms with E-state index in [1.54, 1.807) is 0 Å². The lowest BCUT2D eigenvalue weighted by atomic mass is 9.94. The van der Waals surface area contributed by atoms with E-state index in [1.165, 1.54) is 12.7 Å². The third-order valence-corrected chi connectivity index (χ3v) is 6.63. The molecule has 0 fully saturated rings. The Labute approximate surface area is 112 Å². The van der Waals surface area contributed by atoms with Gasteiger partial charge < -0.3 is 5.32 Å². The van der Waals surface area contributed by atoms with Gasteiger partial charge in [0, 0.05) is 12.8 Å². The highest BCUT2D eigenvalue weighted by Crippen LogP contribution is 2.25. The van der Waals surface area contributed by atoms with Crippen molar-refractivity contribution in [1.82, 2.24) is 5.32 Å². The predicted molar refractivity (Wildman–Crippen MR) is 77.5 cm³/mol. The summed E-state index contributed by atoms with van der Waals surface area (Å²) in [5, 5.41) is 3.39. The van der Waals surface area contributed by atoms with E-state index >= 15 is 0 Å². The molecule has 1 rings (SSSR count). The fraction of sp³-hybridized carbons (Fsp3) is 0.857. The van der Waals surface area contributed by atoms with Crippen LogP contribution in [0.3, 0.4) is 0 Å². The van der Waals surface area contributed by atoms with Crippen LogP contribution in [0.1, 0.15) is 46.0 Å². The molecule has 106 valence electrons. The van der Waals surface area contributed by atoms with Crippen molar-refractivity contribution in [3.8, 4) is 0 Å². The molecule has 4 heteroatoms. The highest BCUT2D eigenvalue weighted by molar-refractivity contribution is 7.92. The maximum atomic E-state index is 11.9. The van der Waals surface area contributed by atoms with Gasteiger partial charge in [-0.15, -0.1) is 0 Å². The van der Waals surface area contributed by atoms with Crippen molar-refractivity contribution in [3.63, 3.8) is 0 Å². The van der Waals surface area contributed by atoms with Crippen LogP contribution in [0.15, 0.2) is 12.2 Å². The average Bonchev–Trinajstić information content (AvgIpc) is 2.35. The van der Waals surface area contributed by atoms with Crippen molar-refractivity contribution in [1.29, 1.82) is 0 Å². The molecule has 0 saturated carbocycles. The number of hydrogen-bond acceptors (Lipinski definition) is 3. The van der Waals surface area contributed by atoms with Gasteiger partial charge in [0.1, 0.15) is 0 Å². The van der Waals surface area contributed by atoms with Gasteiger partial charge in [0.05, 0.1) is 4.75 Å². The summed E-state index contributed by atoms with van der Waals surface area (Å²) < 4.78 is 23.3. The number of rotatable bonds is 7. The van der Waals surface area contributed by atoms with Gasteiger partial charge in [-0.2, -0.15) is 0 Å². The molecule has 0 saturated heterocycles. The molecule has 0 aromatic heterocycles. The van der Waals surface area contributed by atoms with Crippen LogP contribution in [0.4, 0.5) is 0 Å². The first-order chi connectivity index (χ1) is 8.45. The molecule has 0 heterocycles. The molecule has 18 heavy (non-hydrogen) atoms. The standard InChI is InChI=1S/C14H27NO2S/c1-4-14(5-2,18(3,16)17)12-15-11-13-9-7-6-8-10-13/h6-7,13,15H,4-5,8-12H2,1-3H3/t13-/m1/s1. The van der Waals surface area contributed by atoms with E-state index in [4.69, 9.17) is 0 Å². The summed E-state index contributed by atoms with van der Waals surface area (Å²) in [4.78, 5) is 0. The summed E-state index contributed by atoms with van der Waals surface area (Å²) in [6, 6.07) is 0. The first kappa shape index (κ1) is 15.7. The second kappa shape index (κ2) is 6.71. The SMILES string of the molecule is CCC(CC)(CNC[C@@H]1CC=CCC1)S(C)(=O)=O. The molecular formula is C14H27NO2S. The highest BCUT2D eigenvalue weighted by Gasteiger charge is 2.36. The molecule has 1 atom stereocenters. The van der Waals surface area contributed by atoms with E-state index in [0.29, 0.717) is 25.3 Å². The molecule has 3 nitrogen and oxygen atoms in total. The van der Waals surface area contributed by atoms with Gasteiger partial charge >= 0.3 is 0 Å². The van der Waals surface area contributed by atoms with Gasteiger partial charge in [0.25, 0.3) is 0 Å². The average molecular weight is 273 g/mol. The van der Waals surface area contributed by atoms with Crippen LogP contribution in [0.5, 0.6) is 0 Å². The Morgan fingerprint density at radius 2 is 1.94 bits per heavy atom. The van der Waals surface area contributed by atoms with Crippen LogP contribution >= 0.6 is 0 Å². The topological polar surface area (TPSA) is 46.2 Å². The van der Waals surface area contributed by atoms with Crippen LogP contribution in [0.2, 0.25) is 0 Å². The highest BCUT2D eigenvalue weighted by atomic mass is 32.2. The summed E-state index contributed by atoms with van der Waals surface area (Å²) in [5.74, 6) is 0.668. The molecule has 0 aliphatic heterocycles. The fourth-order valence-electron chi connectivity index (χ4n) is 2.70. The maximum Gasteiger partial charge on any atom is 0.154 e. The van der Waals surface area contributed by atoms with Crippen molar-refractivity contribution in [2.45, 2.75) is 50.7 Å². The molecule has 0 spiro atoms. The molecule has 1 N–H and O–H groups in total. The van der Waals surface area contributed by atoms with E-state index < -0.39 is 14.6 Å². The molecule has 1 aliphatic rings. The summed E-state index contributed by atoms with van der Waals surface area (Å²) in [6.07, 6.45) is 10.7. The number of allylic oxidation sites excluding steroid dienone is 2. The van der Waals surface area contributed by atoms with E-state index in [2.05, 4.69) is 17.5 Å².